The van der Waals surface area contributed by atoms with Crippen LogP contribution in [0.5, 0.6) is 0 Å². The van der Waals surface area contributed by atoms with Gasteiger partial charge in [-0.3, -0.25) is 14.2 Å². The minimum absolute atomic E-state index is 0.127. The topological polar surface area (TPSA) is 78.0 Å². The number of fused-ring (bicyclic) bond motifs is 3. The summed E-state index contributed by atoms with van der Waals surface area (Å²) in [5.74, 6) is 0.0350. The molecule has 2 N–H and O–H groups in total. The van der Waals surface area contributed by atoms with Gasteiger partial charge in [0.2, 0.25) is 5.91 Å². The molecule has 1 aliphatic carbocycles. The second-order valence-electron chi connectivity index (χ2n) is 5.30. The highest BCUT2D eigenvalue weighted by molar-refractivity contribution is 7.18. The molecule has 2 aromatic rings. The maximum absolute atomic E-state index is 12.8. The summed E-state index contributed by atoms with van der Waals surface area (Å²) in [6, 6.07) is -0.668. The third-order valence-corrected chi connectivity index (χ3v) is 5.18. The maximum atomic E-state index is 12.8. The highest BCUT2D eigenvalue weighted by Gasteiger charge is 2.23. The lowest BCUT2D eigenvalue weighted by molar-refractivity contribution is -0.120. The predicted molar refractivity (Wildman–Crippen MR) is 79.2 cm³/mol. The Morgan fingerprint density at radius 1 is 1.40 bits per heavy atom. The van der Waals surface area contributed by atoms with Crippen LogP contribution in [0.15, 0.2) is 4.79 Å². The standard InChI is InChI=1S/C14H17N3O2S/c1-7(12(15)18)17-8(2)16-13-11(14(17)19)9-5-3-4-6-10(9)20-13/h7H,3-6H2,1-2H3,(H2,15,18). The van der Waals surface area contributed by atoms with Crippen LogP contribution in [0.2, 0.25) is 0 Å². The van der Waals surface area contributed by atoms with Crippen molar-refractivity contribution >= 4 is 27.5 Å². The van der Waals surface area contributed by atoms with Gasteiger partial charge in [-0.05, 0) is 45.1 Å². The molecule has 1 amide bonds. The van der Waals surface area contributed by atoms with E-state index in [1.165, 1.54) is 15.9 Å². The van der Waals surface area contributed by atoms with Crippen molar-refractivity contribution in [3.05, 3.63) is 26.6 Å². The number of rotatable bonds is 2. The zero-order valence-corrected chi connectivity index (χ0v) is 12.4. The van der Waals surface area contributed by atoms with Crippen LogP contribution in [0.4, 0.5) is 0 Å². The number of carbonyl (C=O) groups excluding carboxylic acids is 1. The molecule has 0 spiro atoms. The first-order valence-electron chi connectivity index (χ1n) is 6.83. The second kappa shape index (κ2) is 4.70. The normalized spacial score (nSPS) is 16.1. The molecule has 0 bridgehead atoms. The van der Waals surface area contributed by atoms with Gasteiger partial charge >= 0.3 is 0 Å². The number of hydrogen-bond acceptors (Lipinski definition) is 4. The van der Waals surface area contributed by atoms with Crippen LogP contribution in [0.25, 0.3) is 10.2 Å². The fourth-order valence-electron chi connectivity index (χ4n) is 2.90. The first-order valence-corrected chi connectivity index (χ1v) is 7.65. The van der Waals surface area contributed by atoms with Gasteiger partial charge in [-0.15, -0.1) is 11.3 Å². The van der Waals surface area contributed by atoms with Crippen molar-refractivity contribution in [2.24, 2.45) is 5.73 Å². The maximum Gasteiger partial charge on any atom is 0.263 e. The average Bonchev–Trinajstić information content (AvgIpc) is 2.76. The van der Waals surface area contributed by atoms with Crippen molar-refractivity contribution in [2.75, 3.05) is 0 Å². The molecular weight excluding hydrogens is 274 g/mol. The van der Waals surface area contributed by atoms with E-state index in [1.54, 1.807) is 25.2 Å². The van der Waals surface area contributed by atoms with E-state index in [0.29, 0.717) is 11.2 Å². The number of nitrogens with two attached hydrogens (primary N) is 1. The Morgan fingerprint density at radius 2 is 2.10 bits per heavy atom. The van der Waals surface area contributed by atoms with Crippen LogP contribution in [0, 0.1) is 6.92 Å². The molecule has 6 heteroatoms. The molecule has 5 nitrogen and oxygen atoms in total. The summed E-state index contributed by atoms with van der Waals surface area (Å²) >= 11 is 1.62. The smallest absolute Gasteiger partial charge is 0.263 e. The van der Waals surface area contributed by atoms with Gasteiger partial charge in [0.25, 0.3) is 5.56 Å². The van der Waals surface area contributed by atoms with Gasteiger partial charge in [-0.1, -0.05) is 0 Å². The van der Waals surface area contributed by atoms with Gasteiger partial charge < -0.3 is 5.73 Å². The minimum Gasteiger partial charge on any atom is -0.368 e. The molecular formula is C14H17N3O2S. The van der Waals surface area contributed by atoms with Crippen molar-refractivity contribution in [1.82, 2.24) is 9.55 Å². The summed E-state index contributed by atoms with van der Waals surface area (Å²) in [5, 5.41) is 0.698. The van der Waals surface area contributed by atoms with Crippen LogP contribution in [-0.4, -0.2) is 15.5 Å². The molecule has 0 saturated heterocycles. The molecule has 0 aliphatic heterocycles. The van der Waals surface area contributed by atoms with Crippen molar-refractivity contribution in [2.45, 2.75) is 45.6 Å². The minimum atomic E-state index is -0.668. The van der Waals surface area contributed by atoms with Gasteiger partial charge in [0, 0.05) is 4.88 Å². The largest absolute Gasteiger partial charge is 0.368 e. The van der Waals surface area contributed by atoms with E-state index >= 15 is 0 Å². The highest BCUT2D eigenvalue weighted by Crippen LogP contribution is 2.33. The van der Waals surface area contributed by atoms with E-state index in [-0.39, 0.29) is 5.56 Å². The van der Waals surface area contributed by atoms with Crippen molar-refractivity contribution in [1.29, 1.82) is 0 Å². The summed E-state index contributed by atoms with van der Waals surface area (Å²) in [6.07, 6.45) is 4.24. The van der Waals surface area contributed by atoms with E-state index in [2.05, 4.69) is 4.98 Å². The Kier molecular flexibility index (Phi) is 3.12. The number of nitrogens with zero attached hydrogens (tertiary/aromatic N) is 2. The molecule has 3 rings (SSSR count). The van der Waals surface area contributed by atoms with E-state index in [0.717, 1.165) is 29.7 Å². The van der Waals surface area contributed by atoms with E-state index < -0.39 is 11.9 Å². The fourth-order valence-corrected chi connectivity index (χ4v) is 4.20. The summed E-state index contributed by atoms with van der Waals surface area (Å²) in [7, 11) is 0. The number of carbonyl (C=O) groups is 1. The van der Waals surface area contributed by atoms with Gasteiger partial charge in [0.1, 0.15) is 16.7 Å². The lowest BCUT2D eigenvalue weighted by atomic mass is 9.97. The summed E-state index contributed by atoms with van der Waals surface area (Å²) in [4.78, 5) is 30.7. The average molecular weight is 291 g/mol. The first kappa shape index (κ1) is 13.3. The summed E-state index contributed by atoms with van der Waals surface area (Å²) < 4.78 is 1.42. The van der Waals surface area contributed by atoms with Crippen LogP contribution < -0.4 is 11.3 Å². The van der Waals surface area contributed by atoms with E-state index in [4.69, 9.17) is 5.73 Å². The lowest BCUT2D eigenvalue weighted by Crippen LogP contribution is -2.34. The molecule has 1 aliphatic rings. The van der Waals surface area contributed by atoms with Crippen molar-refractivity contribution < 1.29 is 4.79 Å². The molecule has 1 unspecified atom stereocenters. The zero-order valence-electron chi connectivity index (χ0n) is 11.6. The van der Waals surface area contributed by atoms with E-state index in [1.807, 2.05) is 0 Å². The van der Waals surface area contributed by atoms with Crippen molar-refractivity contribution in [3.63, 3.8) is 0 Å². The van der Waals surface area contributed by atoms with Crippen LogP contribution in [0.3, 0.4) is 0 Å². The van der Waals surface area contributed by atoms with E-state index in [9.17, 15) is 9.59 Å². The van der Waals surface area contributed by atoms with Gasteiger partial charge in [0.15, 0.2) is 0 Å². The molecule has 106 valence electrons. The molecule has 2 heterocycles. The van der Waals surface area contributed by atoms with Crippen LogP contribution >= 0.6 is 11.3 Å². The Hall–Kier alpha value is -1.69. The second-order valence-corrected chi connectivity index (χ2v) is 6.39. The Balaban J connectivity index is 2.33. The number of amides is 1. The number of aromatic nitrogens is 2. The molecule has 1 atom stereocenters. The summed E-state index contributed by atoms with van der Waals surface area (Å²) in [6.45, 7) is 3.39. The number of aryl methyl sites for hydroxylation is 3. The Labute approximate surface area is 120 Å². The third kappa shape index (κ3) is 1.86. The monoisotopic (exact) mass is 291 g/mol. The Bertz CT molecular complexity index is 760. The first-order chi connectivity index (χ1) is 9.50. The number of hydrogen-bond donors (Lipinski definition) is 1. The van der Waals surface area contributed by atoms with Crippen LogP contribution in [0.1, 0.15) is 42.1 Å². The Morgan fingerprint density at radius 3 is 2.80 bits per heavy atom. The lowest BCUT2D eigenvalue weighted by Gasteiger charge is -2.15. The number of thiophene rings is 1. The zero-order chi connectivity index (χ0) is 14.4. The van der Waals surface area contributed by atoms with Crippen molar-refractivity contribution in [3.8, 4) is 0 Å². The quantitative estimate of drug-likeness (QED) is 0.914. The molecule has 0 aromatic carbocycles. The van der Waals surface area contributed by atoms with Crippen LogP contribution in [-0.2, 0) is 17.6 Å². The third-order valence-electron chi connectivity index (χ3n) is 4.00. The van der Waals surface area contributed by atoms with Gasteiger partial charge in [0.05, 0.1) is 5.39 Å². The number of primary amides is 1. The fraction of sp³-hybridized carbons (Fsp3) is 0.500. The predicted octanol–water partition coefficient (Wildman–Crippen LogP) is 1.69. The van der Waals surface area contributed by atoms with Gasteiger partial charge in [-0.25, -0.2) is 4.98 Å². The molecule has 0 saturated carbocycles. The highest BCUT2D eigenvalue weighted by atomic mass is 32.1. The molecule has 20 heavy (non-hydrogen) atoms. The summed E-state index contributed by atoms with van der Waals surface area (Å²) in [5.41, 5.74) is 6.35. The molecule has 0 radical (unpaired) electrons. The molecule has 0 fully saturated rings. The molecule has 2 aromatic heterocycles. The SMILES string of the molecule is Cc1nc2sc3c(c2c(=O)n1C(C)C(N)=O)CCCC3. The van der Waals surface area contributed by atoms with Gasteiger partial charge in [-0.2, -0.15) is 0 Å².